The first-order chi connectivity index (χ1) is 11.2. The molecule has 128 valence electrons. The highest BCUT2D eigenvalue weighted by Gasteiger charge is 2.05. The van der Waals surface area contributed by atoms with Crippen LogP contribution in [0.2, 0.25) is 0 Å². The van der Waals surface area contributed by atoms with Crippen molar-refractivity contribution in [2.24, 2.45) is 10.9 Å². The average molecular weight is 324 g/mol. The second kappa shape index (κ2) is 8.92. The van der Waals surface area contributed by atoms with Gasteiger partial charge >= 0.3 is 0 Å². The molecular formula is C21H28N2O. The van der Waals surface area contributed by atoms with Crippen LogP contribution in [-0.2, 0) is 0 Å². The number of benzene rings is 1. The largest absolute Gasteiger partial charge is 0.508 e. The molecule has 24 heavy (non-hydrogen) atoms. The molecule has 3 heteroatoms. The van der Waals surface area contributed by atoms with Gasteiger partial charge in [0.2, 0.25) is 0 Å². The first kappa shape index (κ1) is 19.5. The Morgan fingerprint density at radius 1 is 1.21 bits per heavy atom. The van der Waals surface area contributed by atoms with E-state index < -0.39 is 0 Å². The molecule has 0 heterocycles. The van der Waals surface area contributed by atoms with Crippen LogP contribution in [0.15, 0.2) is 60.8 Å². The molecule has 0 saturated carbocycles. The summed E-state index contributed by atoms with van der Waals surface area (Å²) in [6.07, 6.45) is 3.60. The molecule has 0 bridgehead atoms. The van der Waals surface area contributed by atoms with Crippen LogP contribution in [0, 0.1) is 5.92 Å². The van der Waals surface area contributed by atoms with E-state index in [1.54, 1.807) is 18.2 Å². The van der Waals surface area contributed by atoms with Gasteiger partial charge in [-0.25, -0.2) is 0 Å². The molecule has 0 fully saturated rings. The molecule has 0 spiro atoms. The summed E-state index contributed by atoms with van der Waals surface area (Å²) in [4.78, 5) is 4.46. The Kier molecular flexibility index (Phi) is 7.25. The fraction of sp³-hybridized carbons (Fsp3) is 0.286. The first-order valence-electron chi connectivity index (χ1n) is 8.03. The molecule has 1 aromatic rings. The maximum atomic E-state index is 9.86. The Bertz CT molecular complexity index is 694. The normalized spacial score (nSPS) is 12.2. The number of hydrogen-bond acceptors (Lipinski definition) is 3. The van der Waals surface area contributed by atoms with Crippen LogP contribution < -0.4 is 5.32 Å². The van der Waals surface area contributed by atoms with Crippen molar-refractivity contribution in [1.82, 2.24) is 5.32 Å². The number of phenolic OH excluding ortho intramolecular Hbond substituents is 1. The van der Waals surface area contributed by atoms with Crippen molar-refractivity contribution in [3.63, 3.8) is 0 Å². The molecular weight excluding hydrogens is 296 g/mol. The Hall–Kier alpha value is -2.55. The van der Waals surface area contributed by atoms with Gasteiger partial charge in [-0.3, -0.25) is 4.99 Å². The number of nitrogens with one attached hydrogen (secondary N) is 1. The Labute approximate surface area is 145 Å². The third kappa shape index (κ3) is 5.92. The van der Waals surface area contributed by atoms with Gasteiger partial charge in [-0.1, -0.05) is 45.2 Å². The summed E-state index contributed by atoms with van der Waals surface area (Å²) in [7, 11) is 0. The van der Waals surface area contributed by atoms with Crippen molar-refractivity contribution < 1.29 is 5.11 Å². The van der Waals surface area contributed by atoms with Gasteiger partial charge in [0.1, 0.15) is 5.75 Å². The van der Waals surface area contributed by atoms with Crippen molar-refractivity contribution in [2.45, 2.75) is 27.7 Å². The third-order valence-electron chi connectivity index (χ3n) is 3.80. The van der Waals surface area contributed by atoms with E-state index in [4.69, 9.17) is 0 Å². The summed E-state index contributed by atoms with van der Waals surface area (Å²) in [5.74, 6) is 0.619. The van der Waals surface area contributed by atoms with Crippen LogP contribution in [0.3, 0.4) is 0 Å². The number of allylic oxidation sites excluding steroid dienone is 1. The SMILES string of the molecule is C=C/C(=C\N=C(C)C(C)C)CNC(=C)c1cc(O)cc(C(=C)C)c1. The lowest BCUT2D eigenvalue weighted by Gasteiger charge is -2.12. The molecule has 2 N–H and O–H groups in total. The average Bonchev–Trinajstić information content (AvgIpc) is 2.53. The van der Waals surface area contributed by atoms with Crippen LogP contribution in [0.1, 0.15) is 38.8 Å². The van der Waals surface area contributed by atoms with E-state index in [-0.39, 0.29) is 5.75 Å². The smallest absolute Gasteiger partial charge is 0.116 e. The molecule has 0 radical (unpaired) electrons. The highest BCUT2D eigenvalue weighted by atomic mass is 16.3. The minimum absolute atomic E-state index is 0.199. The van der Waals surface area contributed by atoms with E-state index in [0.29, 0.717) is 12.5 Å². The minimum atomic E-state index is 0.199. The highest BCUT2D eigenvalue weighted by Crippen LogP contribution is 2.23. The zero-order chi connectivity index (χ0) is 18.3. The lowest BCUT2D eigenvalue weighted by Crippen LogP contribution is -2.14. The summed E-state index contributed by atoms with van der Waals surface area (Å²) < 4.78 is 0. The molecule has 0 aliphatic carbocycles. The molecule has 0 aliphatic rings. The maximum Gasteiger partial charge on any atom is 0.116 e. The van der Waals surface area contributed by atoms with Crippen LogP contribution in [0.25, 0.3) is 11.3 Å². The third-order valence-corrected chi connectivity index (χ3v) is 3.80. The standard InChI is InChI=1S/C21H28N2O/c1-8-18(12-22-16(6)14(2)3)13-23-17(7)20-9-19(15(4)5)10-21(24)11-20/h8-12,14,23-24H,1,4,7,13H2,2-3,5-6H3/b18-12+,22-16?. The van der Waals surface area contributed by atoms with E-state index in [9.17, 15) is 5.11 Å². The van der Waals surface area contributed by atoms with E-state index in [1.165, 1.54) is 0 Å². The van der Waals surface area contributed by atoms with Crippen LogP contribution >= 0.6 is 0 Å². The molecule has 0 aliphatic heterocycles. The second-order valence-corrected chi connectivity index (χ2v) is 6.21. The zero-order valence-corrected chi connectivity index (χ0v) is 15.2. The summed E-state index contributed by atoms with van der Waals surface area (Å²) in [6, 6.07) is 5.33. The Balaban J connectivity index is 2.84. The minimum Gasteiger partial charge on any atom is -0.508 e. The molecule has 0 saturated heterocycles. The van der Waals surface area contributed by atoms with Crippen molar-refractivity contribution in [3.8, 4) is 5.75 Å². The number of phenols is 1. The first-order valence-corrected chi connectivity index (χ1v) is 8.03. The molecule has 1 rings (SSSR count). The Morgan fingerprint density at radius 2 is 1.83 bits per heavy atom. The van der Waals surface area contributed by atoms with Gasteiger partial charge in [0.15, 0.2) is 0 Å². The molecule has 1 aromatic carbocycles. The van der Waals surface area contributed by atoms with E-state index in [1.807, 2.05) is 26.1 Å². The number of hydrogen-bond donors (Lipinski definition) is 2. The molecule has 0 aromatic heterocycles. The van der Waals surface area contributed by atoms with Crippen molar-refractivity contribution in [1.29, 1.82) is 0 Å². The number of rotatable bonds is 8. The predicted octanol–water partition coefficient (Wildman–Crippen LogP) is 5.17. The summed E-state index contributed by atoms with van der Waals surface area (Å²) in [5.41, 5.74) is 5.39. The van der Waals surface area contributed by atoms with Crippen LogP contribution in [0.5, 0.6) is 5.75 Å². The van der Waals surface area contributed by atoms with Gasteiger partial charge in [0, 0.05) is 29.7 Å². The zero-order valence-electron chi connectivity index (χ0n) is 15.2. The summed E-state index contributed by atoms with van der Waals surface area (Å²) in [5, 5.41) is 13.1. The topological polar surface area (TPSA) is 44.6 Å². The summed E-state index contributed by atoms with van der Waals surface area (Å²) in [6.45, 7) is 20.5. The van der Waals surface area contributed by atoms with Gasteiger partial charge in [-0.05, 0) is 49.1 Å². The lowest BCUT2D eigenvalue weighted by molar-refractivity contribution is 0.475. The molecule has 0 unspecified atom stereocenters. The van der Waals surface area contributed by atoms with E-state index >= 15 is 0 Å². The molecule has 3 nitrogen and oxygen atoms in total. The van der Waals surface area contributed by atoms with Crippen LogP contribution in [0.4, 0.5) is 0 Å². The number of aromatic hydroxyl groups is 1. The summed E-state index contributed by atoms with van der Waals surface area (Å²) >= 11 is 0. The second-order valence-electron chi connectivity index (χ2n) is 6.21. The van der Waals surface area contributed by atoms with E-state index in [2.05, 4.69) is 43.9 Å². The van der Waals surface area contributed by atoms with Gasteiger partial charge in [-0.15, -0.1) is 0 Å². The van der Waals surface area contributed by atoms with Gasteiger partial charge < -0.3 is 10.4 Å². The maximum absolute atomic E-state index is 9.86. The fourth-order valence-electron chi connectivity index (χ4n) is 1.85. The van der Waals surface area contributed by atoms with E-state index in [0.717, 1.165) is 33.7 Å². The van der Waals surface area contributed by atoms with Gasteiger partial charge in [0.05, 0.1) is 0 Å². The number of aliphatic imine (C=N–C) groups is 1. The number of nitrogens with zero attached hydrogens (tertiary/aromatic N) is 1. The highest BCUT2D eigenvalue weighted by molar-refractivity contribution is 5.84. The Morgan fingerprint density at radius 3 is 2.38 bits per heavy atom. The quantitative estimate of drug-likeness (QED) is 0.511. The predicted molar refractivity (Wildman–Crippen MR) is 106 cm³/mol. The van der Waals surface area contributed by atoms with Gasteiger partial charge in [0.25, 0.3) is 0 Å². The monoisotopic (exact) mass is 324 g/mol. The van der Waals surface area contributed by atoms with Crippen molar-refractivity contribution in [2.75, 3.05) is 6.54 Å². The van der Waals surface area contributed by atoms with Crippen LogP contribution in [-0.4, -0.2) is 17.4 Å². The van der Waals surface area contributed by atoms with Gasteiger partial charge in [-0.2, -0.15) is 0 Å². The molecule has 0 atom stereocenters. The lowest BCUT2D eigenvalue weighted by atomic mass is 10.0. The molecule has 0 amide bonds. The fourth-order valence-corrected chi connectivity index (χ4v) is 1.85. The van der Waals surface area contributed by atoms with Crippen molar-refractivity contribution >= 4 is 17.0 Å². The van der Waals surface area contributed by atoms with Crippen molar-refractivity contribution in [3.05, 3.63) is 66.9 Å².